The summed E-state index contributed by atoms with van der Waals surface area (Å²) in [5.41, 5.74) is 6.16. The number of allylic oxidation sites excluding steroid dienone is 1. The van der Waals surface area contributed by atoms with Gasteiger partial charge in [0, 0.05) is 26.2 Å². The SMILES string of the molecule is CC.CCN.CCNCC1=CCCC(NC(=O)NCC2CC2)C=C1.CO. The number of nitrogens with two attached hydrogens (primary N) is 1. The van der Waals surface area contributed by atoms with Crippen LogP contribution in [0.2, 0.25) is 0 Å². The van der Waals surface area contributed by atoms with E-state index >= 15 is 0 Å². The van der Waals surface area contributed by atoms with Crippen LogP contribution in [-0.2, 0) is 0 Å². The fourth-order valence-corrected chi connectivity index (χ4v) is 2.15. The number of amides is 2. The second kappa shape index (κ2) is 19.9. The second-order valence-corrected chi connectivity index (χ2v) is 5.81. The van der Waals surface area contributed by atoms with Gasteiger partial charge in [0.2, 0.25) is 0 Å². The lowest BCUT2D eigenvalue weighted by Crippen LogP contribution is -2.41. The predicted octanol–water partition coefficient (Wildman–Crippen LogP) is 2.55. The largest absolute Gasteiger partial charge is 0.400 e. The third-order valence-electron chi connectivity index (χ3n) is 3.57. The Labute approximate surface area is 160 Å². The van der Waals surface area contributed by atoms with Crippen LogP contribution in [0.15, 0.2) is 23.8 Å². The summed E-state index contributed by atoms with van der Waals surface area (Å²) in [7, 11) is 1.00. The molecule has 6 heteroatoms. The van der Waals surface area contributed by atoms with E-state index in [0.29, 0.717) is 0 Å². The molecule has 6 nitrogen and oxygen atoms in total. The molecule has 2 aliphatic rings. The van der Waals surface area contributed by atoms with Gasteiger partial charge in [-0.2, -0.15) is 0 Å². The Morgan fingerprint density at radius 1 is 1.23 bits per heavy atom. The van der Waals surface area contributed by atoms with Gasteiger partial charge in [0.1, 0.15) is 0 Å². The van der Waals surface area contributed by atoms with Crippen molar-refractivity contribution < 1.29 is 9.90 Å². The molecule has 2 aliphatic carbocycles. The van der Waals surface area contributed by atoms with Gasteiger partial charge in [-0.3, -0.25) is 0 Å². The summed E-state index contributed by atoms with van der Waals surface area (Å²) in [6.07, 6.45) is 11.0. The molecule has 0 radical (unpaired) electrons. The van der Waals surface area contributed by atoms with Crippen molar-refractivity contribution in [3.8, 4) is 0 Å². The Kier molecular flexibility index (Phi) is 20.6. The molecule has 1 atom stereocenters. The van der Waals surface area contributed by atoms with Crippen molar-refractivity contribution in [1.29, 1.82) is 0 Å². The fraction of sp³-hybridized carbons (Fsp3) is 0.750. The van der Waals surface area contributed by atoms with E-state index in [-0.39, 0.29) is 12.1 Å². The highest BCUT2D eigenvalue weighted by Gasteiger charge is 2.22. The fourth-order valence-electron chi connectivity index (χ4n) is 2.15. The molecule has 6 N–H and O–H groups in total. The minimum Gasteiger partial charge on any atom is -0.400 e. The number of aliphatic hydroxyl groups is 1. The summed E-state index contributed by atoms with van der Waals surface area (Å²) in [6.45, 7) is 11.5. The third kappa shape index (κ3) is 16.1. The maximum atomic E-state index is 11.7. The van der Waals surface area contributed by atoms with Gasteiger partial charge in [0.05, 0.1) is 0 Å². The molecule has 0 bridgehead atoms. The highest BCUT2D eigenvalue weighted by atomic mass is 16.2. The van der Waals surface area contributed by atoms with Crippen molar-refractivity contribution in [2.75, 3.05) is 33.3 Å². The monoisotopic (exact) mass is 370 g/mol. The maximum absolute atomic E-state index is 11.7. The first-order valence-corrected chi connectivity index (χ1v) is 9.96. The van der Waals surface area contributed by atoms with Crippen LogP contribution in [-0.4, -0.2) is 50.5 Å². The number of hydrogen-bond donors (Lipinski definition) is 5. The molecule has 0 aromatic carbocycles. The van der Waals surface area contributed by atoms with E-state index in [9.17, 15) is 4.79 Å². The summed E-state index contributed by atoms with van der Waals surface area (Å²) < 4.78 is 0. The maximum Gasteiger partial charge on any atom is 0.315 e. The van der Waals surface area contributed by atoms with Crippen molar-refractivity contribution >= 4 is 6.03 Å². The molecule has 0 spiro atoms. The van der Waals surface area contributed by atoms with Gasteiger partial charge in [0.15, 0.2) is 0 Å². The molecule has 26 heavy (non-hydrogen) atoms. The molecule has 154 valence electrons. The Morgan fingerprint density at radius 2 is 1.85 bits per heavy atom. The molecule has 2 rings (SSSR count). The highest BCUT2D eigenvalue weighted by Crippen LogP contribution is 2.27. The van der Waals surface area contributed by atoms with Gasteiger partial charge in [-0.25, -0.2) is 4.79 Å². The number of nitrogens with one attached hydrogen (secondary N) is 3. The number of carbonyl (C=O) groups excluding carboxylic acids is 1. The molecule has 0 saturated heterocycles. The minimum atomic E-state index is -0.0308. The Balaban J connectivity index is 0. The number of hydrogen-bond acceptors (Lipinski definition) is 4. The van der Waals surface area contributed by atoms with Crippen molar-refractivity contribution in [1.82, 2.24) is 16.0 Å². The van der Waals surface area contributed by atoms with E-state index < -0.39 is 0 Å². The Bertz CT molecular complexity index is 380. The molecule has 1 unspecified atom stereocenters. The zero-order valence-corrected chi connectivity index (χ0v) is 17.5. The first kappa shape index (κ1) is 26.9. The lowest BCUT2D eigenvalue weighted by atomic mass is 10.2. The topological polar surface area (TPSA) is 99.4 Å². The zero-order valence-electron chi connectivity index (χ0n) is 17.5. The Hall–Kier alpha value is -1.37. The van der Waals surface area contributed by atoms with Crippen LogP contribution in [0.3, 0.4) is 0 Å². The van der Waals surface area contributed by atoms with Gasteiger partial charge in [-0.1, -0.05) is 45.9 Å². The lowest BCUT2D eigenvalue weighted by molar-refractivity contribution is 0.238. The molecular weight excluding hydrogens is 328 g/mol. The summed E-state index contributed by atoms with van der Waals surface area (Å²) in [5, 5.41) is 16.3. The van der Waals surface area contributed by atoms with Gasteiger partial charge in [0.25, 0.3) is 0 Å². The van der Waals surface area contributed by atoms with Crippen LogP contribution < -0.4 is 21.7 Å². The first-order valence-electron chi connectivity index (χ1n) is 9.96. The molecule has 1 fully saturated rings. The van der Waals surface area contributed by atoms with Crippen molar-refractivity contribution in [3.05, 3.63) is 23.8 Å². The number of carbonyl (C=O) groups is 1. The molecule has 1 saturated carbocycles. The van der Waals surface area contributed by atoms with Gasteiger partial charge in [-0.15, -0.1) is 0 Å². The molecule has 2 amide bonds. The van der Waals surface area contributed by atoms with E-state index in [1.807, 2.05) is 20.8 Å². The summed E-state index contributed by atoms with van der Waals surface area (Å²) >= 11 is 0. The number of rotatable bonds is 6. The number of aliphatic hydroxyl groups excluding tert-OH is 1. The van der Waals surface area contributed by atoms with Crippen LogP contribution >= 0.6 is 0 Å². The van der Waals surface area contributed by atoms with Crippen molar-refractivity contribution in [3.63, 3.8) is 0 Å². The smallest absolute Gasteiger partial charge is 0.315 e. The van der Waals surface area contributed by atoms with Crippen LogP contribution in [0.1, 0.15) is 53.4 Å². The first-order chi connectivity index (χ1) is 12.7. The number of urea groups is 1. The standard InChI is InChI=1S/C15H25N3O.C2H7N.C2H6.CH4O/c1-2-16-10-12-4-3-5-14(9-8-12)18-15(19)17-11-13-6-7-13;1-2-3;2*1-2/h4,8-9,13-14,16H,2-3,5-7,10-11H2,1H3,(H2,17,18,19);2-3H2,1H3;1-2H3;2H,1H3. The average molecular weight is 371 g/mol. The van der Waals surface area contributed by atoms with E-state index in [1.54, 1.807) is 0 Å². The molecular formula is C20H42N4O2. The average Bonchev–Trinajstić information content (AvgIpc) is 3.51. The Morgan fingerprint density at radius 3 is 2.38 bits per heavy atom. The normalized spacial score (nSPS) is 17.7. The van der Waals surface area contributed by atoms with Crippen LogP contribution in [0, 0.1) is 5.92 Å². The highest BCUT2D eigenvalue weighted by molar-refractivity contribution is 5.74. The van der Waals surface area contributed by atoms with Crippen LogP contribution in [0.25, 0.3) is 0 Å². The number of likely N-dealkylation sites (N-methyl/N-ethyl adjacent to an activating group) is 1. The van der Waals surface area contributed by atoms with Gasteiger partial charge in [-0.05, 0) is 50.3 Å². The molecule has 0 aliphatic heterocycles. The molecule has 0 aromatic heterocycles. The lowest BCUT2D eigenvalue weighted by Gasteiger charge is -2.14. The van der Waals surface area contributed by atoms with Gasteiger partial charge >= 0.3 is 6.03 Å². The zero-order chi connectivity index (χ0) is 20.2. The van der Waals surface area contributed by atoms with E-state index in [4.69, 9.17) is 10.8 Å². The summed E-state index contributed by atoms with van der Waals surface area (Å²) in [4.78, 5) is 11.7. The molecule has 0 aromatic rings. The summed E-state index contributed by atoms with van der Waals surface area (Å²) in [5.74, 6) is 0.726. The summed E-state index contributed by atoms with van der Waals surface area (Å²) in [6, 6.07) is 0.117. The predicted molar refractivity (Wildman–Crippen MR) is 112 cm³/mol. The van der Waals surface area contributed by atoms with Crippen LogP contribution in [0.4, 0.5) is 4.79 Å². The molecule has 0 heterocycles. The second-order valence-electron chi connectivity index (χ2n) is 5.81. The van der Waals surface area contributed by atoms with E-state index in [1.165, 1.54) is 18.4 Å². The van der Waals surface area contributed by atoms with Crippen molar-refractivity contribution in [2.45, 2.75) is 59.4 Å². The quantitative estimate of drug-likeness (QED) is 0.496. The minimum absolute atomic E-state index is 0.0308. The van der Waals surface area contributed by atoms with Crippen LogP contribution in [0.5, 0.6) is 0 Å². The van der Waals surface area contributed by atoms with E-state index in [0.717, 1.165) is 52.0 Å². The van der Waals surface area contributed by atoms with E-state index in [2.05, 4.69) is 41.1 Å². The van der Waals surface area contributed by atoms with Gasteiger partial charge < -0.3 is 26.8 Å². The van der Waals surface area contributed by atoms with Crippen molar-refractivity contribution in [2.24, 2.45) is 11.7 Å². The third-order valence-corrected chi connectivity index (χ3v) is 3.57.